The third kappa shape index (κ3) is 3.70. The Hall–Kier alpha value is -0.120. The van der Waals surface area contributed by atoms with Crippen LogP contribution in [0.1, 0.15) is 19.8 Å². The molecule has 0 aromatic rings. The van der Waals surface area contributed by atoms with Crippen LogP contribution in [-0.4, -0.2) is 37.1 Å². The van der Waals surface area contributed by atoms with Gasteiger partial charge in [0.25, 0.3) is 0 Å². The fraction of sp³-hybridized carbons (Fsp3) is 1.00. The van der Waals surface area contributed by atoms with Crippen molar-refractivity contribution in [3.8, 4) is 0 Å². The summed E-state index contributed by atoms with van der Waals surface area (Å²) < 4.78 is 10.5. The second-order valence-corrected chi connectivity index (χ2v) is 3.02. The van der Waals surface area contributed by atoms with E-state index in [4.69, 9.17) is 14.6 Å². The molecule has 0 aliphatic carbocycles. The SMILES string of the molecule is C[C@@H](O)COCC1CCCO1. The highest BCUT2D eigenvalue weighted by Gasteiger charge is 2.15. The number of hydrogen-bond acceptors (Lipinski definition) is 3. The Bertz CT molecular complexity index is 97.5. The highest BCUT2D eigenvalue weighted by molar-refractivity contribution is 4.63. The highest BCUT2D eigenvalue weighted by Crippen LogP contribution is 2.11. The lowest BCUT2D eigenvalue weighted by Gasteiger charge is -2.10. The quantitative estimate of drug-likeness (QED) is 0.653. The van der Waals surface area contributed by atoms with Crippen LogP contribution in [0.25, 0.3) is 0 Å². The predicted molar refractivity (Wildman–Crippen MR) is 41.5 cm³/mol. The van der Waals surface area contributed by atoms with Crippen molar-refractivity contribution in [3.63, 3.8) is 0 Å². The maximum atomic E-state index is 8.86. The van der Waals surface area contributed by atoms with Crippen molar-refractivity contribution in [2.75, 3.05) is 19.8 Å². The van der Waals surface area contributed by atoms with E-state index in [1.165, 1.54) is 0 Å². The van der Waals surface area contributed by atoms with Crippen LogP contribution < -0.4 is 0 Å². The van der Waals surface area contributed by atoms with Crippen LogP contribution in [0.2, 0.25) is 0 Å². The van der Waals surface area contributed by atoms with E-state index < -0.39 is 0 Å². The normalized spacial score (nSPS) is 27.3. The minimum atomic E-state index is -0.364. The van der Waals surface area contributed by atoms with Crippen LogP contribution in [0.4, 0.5) is 0 Å². The molecule has 1 aliphatic heterocycles. The van der Waals surface area contributed by atoms with Crippen molar-refractivity contribution < 1.29 is 14.6 Å². The second kappa shape index (κ2) is 4.70. The van der Waals surface area contributed by atoms with Gasteiger partial charge < -0.3 is 14.6 Å². The average Bonchev–Trinajstić information content (AvgIpc) is 2.39. The van der Waals surface area contributed by atoms with E-state index >= 15 is 0 Å². The molecule has 1 heterocycles. The Morgan fingerprint density at radius 3 is 3.09 bits per heavy atom. The van der Waals surface area contributed by atoms with Crippen LogP contribution >= 0.6 is 0 Å². The van der Waals surface area contributed by atoms with Crippen LogP contribution in [0, 0.1) is 0 Å². The third-order valence-electron chi connectivity index (χ3n) is 1.69. The molecule has 1 saturated heterocycles. The maximum absolute atomic E-state index is 8.86. The van der Waals surface area contributed by atoms with E-state index in [-0.39, 0.29) is 12.2 Å². The minimum absolute atomic E-state index is 0.272. The lowest BCUT2D eigenvalue weighted by Crippen LogP contribution is -2.18. The standard InChI is InChI=1S/C8H16O3/c1-7(9)5-10-6-8-3-2-4-11-8/h7-9H,2-6H2,1H3/t7-,8?/m1/s1. The summed E-state index contributed by atoms with van der Waals surface area (Å²) in [6.45, 7) is 3.63. The molecule has 66 valence electrons. The fourth-order valence-corrected chi connectivity index (χ4v) is 1.15. The summed E-state index contributed by atoms with van der Waals surface area (Å²) in [5, 5.41) is 8.86. The molecule has 3 heteroatoms. The van der Waals surface area contributed by atoms with Crippen LogP contribution in [0.3, 0.4) is 0 Å². The van der Waals surface area contributed by atoms with Gasteiger partial charge >= 0.3 is 0 Å². The van der Waals surface area contributed by atoms with Crippen molar-refractivity contribution in [1.29, 1.82) is 0 Å². The first-order chi connectivity index (χ1) is 5.29. The van der Waals surface area contributed by atoms with Crippen molar-refractivity contribution in [3.05, 3.63) is 0 Å². The van der Waals surface area contributed by atoms with Gasteiger partial charge in [0.1, 0.15) is 0 Å². The molecule has 1 rings (SSSR count). The molecule has 11 heavy (non-hydrogen) atoms. The number of aliphatic hydroxyl groups is 1. The molecule has 1 aliphatic rings. The summed E-state index contributed by atoms with van der Waals surface area (Å²) in [5.74, 6) is 0. The summed E-state index contributed by atoms with van der Waals surface area (Å²) in [5.41, 5.74) is 0. The Balaban J connectivity index is 1.94. The first-order valence-electron chi connectivity index (χ1n) is 4.16. The Kier molecular flexibility index (Phi) is 3.83. The topological polar surface area (TPSA) is 38.7 Å². The molecule has 0 radical (unpaired) electrons. The molecule has 0 spiro atoms. The summed E-state index contributed by atoms with van der Waals surface area (Å²) in [6.07, 6.45) is 2.15. The molecule has 0 aromatic heterocycles. The van der Waals surface area contributed by atoms with E-state index in [1.807, 2.05) is 0 Å². The van der Waals surface area contributed by atoms with Gasteiger partial charge in [-0.1, -0.05) is 0 Å². The molecule has 3 nitrogen and oxygen atoms in total. The first kappa shape index (κ1) is 8.97. The molecule has 0 bridgehead atoms. The largest absolute Gasteiger partial charge is 0.391 e. The zero-order valence-electron chi connectivity index (χ0n) is 6.95. The highest BCUT2D eigenvalue weighted by atomic mass is 16.5. The first-order valence-corrected chi connectivity index (χ1v) is 4.16. The minimum Gasteiger partial charge on any atom is -0.391 e. The van der Waals surface area contributed by atoms with E-state index in [0.717, 1.165) is 19.4 Å². The molecule has 0 amide bonds. The summed E-state index contributed by atoms with van der Waals surface area (Å²) >= 11 is 0. The van der Waals surface area contributed by atoms with Gasteiger partial charge in [0.05, 0.1) is 25.4 Å². The summed E-state index contributed by atoms with van der Waals surface area (Å²) in [6, 6.07) is 0. The van der Waals surface area contributed by atoms with Crippen LogP contribution in [0.15, 0.2) is 0 Å². The monoisotopic (exact) mass is 160 g/mol. The van der Waals surface area contributed by atoms with Gasteiger partial charge in [0.2, 0.25) is 0 Å². The van der Waals surface area contributed by atoms with Gasteiger partial charge in [-0.15, -0.1) is 0 Å². The Morgan fingerprint density at radius 1 is 1.73 bits per heavy atom. The van der Waals surface area contributed by atoms with Gasteiger partial charge in [-0.2, -0.15) is 0 Å². The van der Waals surface area contributed by atoms with E-state index in [0.29, 0.717) is 13.2 Å². The Labute approximate surface area is 67.3 Å². The molecular formula is C8H16O3. The molecule has 0 aromatic carbocycles. The number of aliphatic hydroxyl groups excluding tert-OH is 1. The van der Waals surface area contributed by atoms with Gasteiger partial charge in [0.15, 0.2) is 0 Å². The second-order valence-electron chi connectivity index (χ2n) is 3.02. The summed E-state index contributed by atoms with van der Waals surface area (Å²) in [7, 11) is 0. The molecule has 2 atom stereocenters. The third-order valence-corrected chi connectivity index (χ3v) is 1.69. The molecular weight excluding hydrogens is 144 g/mol. The van der Waals surface area contributed by atoms with Crippen molar-refractivity contribution >= 4 is 0 Å². The lowest BCUT2D eigenvalue weighted by molar-refractivity contribution is -0.0124. The smallest absolute Gasteiger partial charge is 0.0809 e. The number of hydrogen-bond donors (Lipinski definition) is 1. The maximum Gasteiger partial charge on any atom is 0.0809 e. The van der Waals surface area contributed by atoms with Gasteiger partial charge in [-0.3, -0.25) is 0 Å². The van der Waals surface area contributed by atoms with E-state index in [9.17, 15) is 0 Å². The molecule has 1 N–H and O–H groups in total. The molecule has 1 unspecified atom stereocenters. The number of rotatable bonds is 4. The van der Waals surface area contributed by atoms with Crippen molar-refractivity contribution in [2.45, 2.75) is 32.0 Å². The van der Waals surface area contributed by atoms with Crippen LogP contribution in [0.5, 0.6) is 0 Å². The molecule has 0 saturated carbocycles. The van der Waals surface area contributed by atoms with E-state index in [1.54, 1.807) is 6.92 Å². The van der Waals surface area contributed by atoms with Crippen LogP contribution in [-0.2, 0) is 9.47 Å². The number of ether oxygens (including phenoxy) is 2. The average molecular weight is 160 g/mol. The summed E-state index contributed by atoms with van der Waals surface area (Å²) in [4.78, 5) is 0. The van der Waals surface area contributed by atoms with Crippen molar-refractivity contribution in [2.24, 2.45) is 0 Å². The van der Waals surface area contributed by atoms with Gasteiger partial charge in [0, 0.05) is 6.61 Å². The van der Waals surface area contributed by atoms with Crippen molar-refractivity contribution in [1.82, 2.24) is 0 Å². The van der Waals surface area contributed by atoms with Gasteiger partial charge in [-0.25, -0.2) is 0 Å². The van der Waals surface area contributed by atoms with Gasteiger partial charge in [-0.05, 0) is 19.8 Å². The predicted octanol–water partition coefficient (Wildman–Crippen LogP) is 0.563. The Morgan fingerprint density at radius 2 is 2.55 bits per heavy atom. The zero-order chi connectivity index (χ0) is 8.10. The van der Waals surface area contributed by atoms with E-state index in [2.05, 4.69) is 0 Å². The zero-order valence-corrected chi connectivity index (χ0v) is 6.95. The fourth-order valence-electron chi connectivity index (χ4n) is 1.15. The molecule has 1 fully saturated rings. The lowest BCUT2D eigenvalue weighted by atomic mass is 10.2.